The molecule has 0 aromatic heterocycles. The Morgan fingerprint density at radius 2 is 2.12 bits per heavy atom. The SMILES string of the molecule is C#CCOc1c(Cl)cc(C=NN=C(N)SCc2ccccc2)cc1Br. The van der Waals surface area contributed by atoms with Crippen LogP contribution in [0.4, 0.5) is 0 Å². The topological polar surface area (TPSA) is 60.0 Å². The van der Waals surface area contributed by atoms with E-state index in [9.17, 15) is 0 Å². The molecule has 128 valence electrons. The fourth-order valence-electron chi connectivity index (χ4n) is 1.82. The van der Waals surface area contributed by atoms with Crippen molar-refractivity contribution < 1.29 is 4.74 Å². The zero-order valence-electron chi connectivity index (χ0n) is 13.2. The highest BCUT2D eigenvalue weighted by Gasteiger charge is 2.08. The Balaban J connectivity index is 1.97. The van der Waals surface area contributed by atoms with E-state index in [4.69, 9.17) is 28.5 Å². The summed E-state index contributed by atoms with van der Waals surface area (Å²) in [7, 11) is 0. The van der Waals surface area contributed by atoms with E-state index in [1.54, 1.807) is 12.3 Å². The van der Waals surface area contributed by atoms with Gasteiger partial charge in [0, 0.05) is 5.75 Å². The summed E-state index contributed by atoms with van der Waals surface area (Å²) < 4.78 is 6.07. The molecule has 2 aromatic carbocycles. The van der Waals surface area contributed by atoms with Crippen molar-refractivity contribution >= 4 is 50.7 Å². The third kappa shape index (κ3) is 6.46. The normalized spacial score (nSPS) is 11.5. The quantitative estimate of drug-likeness (QED) is 0.309. The van der Waals surface area contributed by atoms with Gasteiger partial charge in [0.1, 0.15) is 6.61 Å². The highest BCUT2D eigenvalue weighted by Crippen LogP contribution is 2.34. The van der Waals surface area contributed by atoms with Gasteiger partial charge in [-0.1, -0.05) is 59.6 Å². The van der Waals surface area contributed by atoms with Gasteiger partial charge in [-0.25, -0.2) is 0 Å². The molecule has 2 aromatic rings. The molecule has 0 aliphatic carbocycles. The van der Waals surface area contributed by atoms with E-state index >= 15 is 0 Å². The van der Waals surface area contributed by atoms with E-state index in [1.165, 1.54) is 17.3 Å². The van der Waals surface area contributed by atoms with Crippen LogP contribution in [0.2, 0.25) is 5.02 Å². The lowest BCUT2D eigenvalue weighted by atomic mass is 10.2. The van der Waals surface area contributed by atoms with Gasteiger partial charge in [0.25, 0.3) is 0 Å². The molecular formula is C18H15BrClN3OS. The van der Waals surface area contributed by atoms with E-state index in [0.29, 0.717) is 20.4 Å². The second-order valence-corrected chi connectivity index (χ2v) is 7.02. The molecule has 0 heterocycles. The molecule has 7 heteroatoms. The number of terminal acetylenes is 1. The molecule has 0 radical (unpaired) electrons. The number of amidine groups is 1. The third-order valence-electron chi connectivity index (χ3n) is 2.91. The van der Waals surface area contributed by atoms with Gasteiger partial charge in [-0.2, -0.15) is 5.10 Å². The average Bonchev–Trinajstić information content (AvgIpc) is 2.60. The molecular weight excluding hydrogens is 422 g/mol. The van der Waals surface area contributed by atoms with Gasteiger partial charge in [-0.15, -0.1) is 11.5 Å². The van der Waals surface area contributed by atoms with Crippen LogP contribution in [0.5, 0.6) is 5.75 Å². The summed E-state index contributed by atoms with van der Waals surface area (Å²) in [5, 5.41) is 8.79. The van der Waals surface area contributed by atoms with E-state index in [1.807, 2.05) is 36.4 Å². The number of nitrogens with two attached hydrogens (primary N) is 1. The number of thioether (sulfide) groups is 1. The van der Waals surface area contributed by atoms with Crippen LogP contribution >= 0.6 is 39.3 Å². The second kappa shape index (κ2) is 10.1. The summed E-state index contributed by atoms with van der Waals surface area (Å²) in [6.45, 7) is 0.144. The molecule has 25 heavy (non-hydrogen) atoms. The predicted octanol–water partition coefficient (Wildman–Crippen LogP) is 4.70. The van der Waals surface area contributed by atoms with Gasteiger partial charge in [-0.05, 0) is 39.2 Å². The first-order valence-corrected chi connectivity index (χ1v) is 9.34. The van der Waals surface area contributed by atoms with Crippen molar-refractivity contribution in [1.82, 2.24) is 0 Å². The summed E-state index contributed by atoms with van der Waals surface area (Å²) in [4.78, 5) is 0. The molecule has 0 atom stereocenters. The van der Waals surface area contributed by atoms with Gasteiger partial charge in [-0.3, -0.25) is 0 Å². The maximum atomic E-state index is 6.18. The monoisotopic (exact) mass is 435 g/mol. The van der Waals surface area contributed by atoms with E-state index < -0.39 is 0 Å². The van der Waals surface area contributed by atoms with Crippen LogP contribution in [0.3, 0.4) is 0 Å². The Bertz CT molecular complexity index is 796. The summed E-state index contributed by atoms with van der Waals surface area (Å²) in [5.74, 6) is 3.63. The summed E-state index contributed by atoms with van der Waals surface area (Å²) >= 11 is 11.0. The third-order valence-corrected chi connectivity index (χ3v) is 4.64. The molecule has 0 aliphatic heterocycles. The lowest BCUT2D eigenvalue weighted by Crippen LogP contribution is -2.06. The van der Waals surface area contributed by atoms with Crippen LogP contribution in [0.1, 0.15) is 11.1 Å². The first kappa shape index (κ1) is 19.4. The van der Waals surface area contributed by atoms with Crippen molar-refractivity contribution in [3.05, 3.63) is 63.1 Å². The zero-order chi connectivity index (χ0) is 18.1. The number of hydrogen-bond acceptors (Lipinski definition) is 4. The van der Waals surface area contributed by atoms with Gasteiger partial charge in [0.15, 0.2) is 10.9 Å². The van der Waals surface area contributed by atoms with Crippen molar-refractivity contribution in [3.8, 4) is 18.1 Å². The number of halogens is 2. The van der Waals surface area contributed by atoms with Crippen molar-refractivity contribution in [2.24, 2.45) is 15.9 Å². The lowest BCUT2D eigenvalue weighted by molar-refractivity contribution is 0.368. The fourth-order valence-corrected chi connectivity index (χ4v) is 3.42. The second-order valence-electron chi connectivity index (χ2n) is 4.76. The van der Waals surface area contributed by atoms with Crippen molar-refractivity contribution in [3.63, 3.8) is 0 Å². The molecule has 4 nitrogen and oxygen atoms in total. The molecule has 0 fully saturated rings. The molecule has 0 bridgehead atoms. The maximum Gasteiger partial charge on any atom is 0.180 e. The number of nitrogens with zero attached hydrogens (tertiary/aromatic N) is 2. The van der Waals surface area contributed by atoms with Gasteiger partial charge >= 0.3 is 0 Å². The van der Waals surface area contributed by atoms with Crippen molar-refractivity contribution in [2.75, 3.05) is 6.61 Å². The molecule has 2 rings (SSSR count). The Kier molecular flexibility index (Phi) is 7.86. The van der Waals surface area contributed by atoms with E-state index in [0.717, 1.165) is 11.3 Å². The van der Waals surface area contributed by atoms with Crippen LogP contribution in [0.25, 0.3) is 0 Å². The fraction of sp³-hybridized carbons (Fsp3) is 0.111. The summed E-state index contributed by atoms with van der Waals surface area (Å²) in [6, 6.07) is 13.5. The minimum absolute atomic E-state index is 0.144. The Hall–Kier alpha value is -1.94. The lowest BCUT2D eigenvalue weighted by Gasteiger charge is -2.08. The maximum absolute atomic E-state index is 6.18. The van der Waals surface area contributed by atoms with Crippen LogP contribution in [0.15, 0.2) is 57.1 Å². The first-order chi connectivity index (χ1) is 12.1. The van der Waals surface area contributed by atoms with Gasteiger partial charge in [0.05, 0.1) is 15.7 Å². The average molecular weight is 437 g/mol. The number of ether oxygens (including phenoxy) is 1. The molecule has 0 saturated heterocycles. The van der Waals surface area contributed by atoms with Crippen molar-refractivity contribution in [1.29, 1.82) is 0 Å². The number of hydrogen-bond donors (Lipinski definition) is 1. The Morgan fingerprint density at radius 3 is 2.80 bits per heavy atom. The smallest absolute Gasteiger partial charge is 0.180 e. The highest BCUT2D eigenvalue weighted by molar-refractivity contribution is 9.10. The van der Waals surface area contributed by atoms with Crippen LogP contribution in [-0.2, 0) is 5.75 Å². The largest absolute Gasteiger partial charge is 0.478 e. The minimum atomic E-state index is 0.144. The minimum Gasteiger partial charge on any atom is -0.478 e. The molecule has 0 aliphatic rings. The van der Waals surface area contributed by atoms with Crippen LogP contribution in [-0.4, -0.2) is 18.0 Å². The Labute approximate surface area is 164 Å². The van der Waals surface area contributed by atoms with Gasteiger partial charge < -0.3 is 10.5 Å². The number of rotatable bonds is 6. The Morgan fingerprint density at radius 1 is 1.36 bits per heavy atom. The molecule has 2 N–H and O–H groups in total. The molecule has 0 spiro atoms. The highest BCUT2D eigenvalue weighted by atomic mass is 79.9. The van der Waals surface area contributed by atoms with Crippen molar-refractivity contribution in [2.45, 2.75) is 5.75 Å². The summed E-state index contributed by atoms with van der Waals surface area (Å²) in [6.07, 6.45) is 6.75. The standard InChI is InChI=1S/C18H15BrClN3OS/c1-2-8-24-17-15(19)9-14(10-16(17)20)11-22-23-18(21)25-12-13-6-4-3-5-7-13/h1,3-7,9-11H,8,12H2,(H2,21,23). The predicted molar refractivity (Wildman–Crippen MR) is 110 cm³/mol. The molecule has 0 unspecified atom stereocenters. The first-order valence-electron chi connectivity index (χ1n) is 7.18. The summed E-state index contributed by atoms with van der Waals surface area (Å²) in [5.41, 5.74) is 7.78. The van der Waals surface area contributed by atoms with E-state index in [-0.39, 0.29) is 6.61 Å². The molecule has 0 amide bonds. The molecule has 0 saturated carbocycles. The van der Waals surface area contributed by atoms with Crippen LogP contribution in [0, 0.1) is 12.3 Å². The van der Waals surface area contributed by atoms with Crippen LogP contribution < -0.4 is 10.5 Å². The van der Waals surface area contributed by atoms with E-state index in [2.05, 4.69) is 32.1 Å². The van der Waals surface area contributed by atoms with Gasteiger partial charge in [0.2, 0.25) is 0 Å². The number of benzene rings is 2. The zero-order valence-corrected chi connectivity index (χ0v) is 16.3.